The first-order chi connectivity index (χ1) is 20.3. The smallest absolute Gasteiger partial charge is 0.460 e. The number of thioether (sulfide) groups is 1. The fourth-order valence-electron chi connectivity index (χ4n) is 2.97. The van der Waals surface area contributed by atoms with Gasteiger partial charge in [-0.05, 0) is 50.0 Å². The number of nitrogens with two attached hydrogens (primary N) is 1. The van der Waals surface area contributed by atoms with E-state index < -0.39 is 84.2 Å². The molecule has 276 valence electrons. The summed E-state index contributed by atoms with van der Waals surface area (Å²) < 4.78 is 223. The van der Waals surface area contributed by atoms with E-state index in [9.17, 15) is 89.3 Å². The monoisotopic (exact) mass is 740 g/mol. The van der Waals surface area contributed by atoms with Crippen LogP contribution in [0.1, 0.15) is 51.4 Å². The molecule has 0 heterocycles. The topological polar surface area (TPSA) is 131 Å². The molecule has 6 N–H and O–H groups in total. The fraction of sp³-hybridized carbons (Fsp3) is 0.909. The van der Waals surface area contributed by atoms with Gasteiger partial charge in [-0.3, -0.25) is 4.79 Å². The second kappa shape index (κ2) is 16.9. The Bertz CT molecular complexity index is 965. The van der Waals surface area contributed by atoms with Crippen molar-refractivity contribution >= 4 is 23.7 Å². The van der Waals surface area contributed by atoms with Gasteiger partial charge in [-0.1, -0.05) is 6.42 Å². The number of unbranched alkanes of at least 4 members (excludes halogenated alkanes) is 3. The van der Waals surface area contributed by atoms with Crippen molar-refractivity contribution in [1.82, 2.24) is 0 Å². The number of carbonyl (C=O) groups excluding carboxylic acids is 1. The first-order valence-electron chi connectivity index (χ1n) is 12.6. The lowest BCUT2D eigenvalue weighted by Gasteiger charge is -2.42. The third-order valence-electron chi connectivity index (χ3n) is 5.85. The van der Waals surface area contributed by atoms with E-state index in [1.165, 1.54) is 0 Å². The standard InChI is InChI=1S/C16H15F17O2S.C6H14N2O2/c17-9(18,5-7-36-6-3-1-2-4-8(34)35)10(19,20)11(21,22)12(23,24)13(25,26)14(27,28)15(29,30)16(31,32)33;7-4-2-1-3-5(8)6(9)10/h1-7H2,(H,34,35);5H,1-4,7-8H2,(H,9,10)/t;5-/m.0/s1. The molecule has 0 rings (SSSR count). The number of rotatable bonds is 20. The summed E-state index contributed by atoms with van der Waals surface area (Å²) >= 11 is 0.288. The van der Waals surface area contributed by atoms with Gasteiger partial charge in [0, 0.05) is 12.4 Å². The Kier molecular flexibility index (Phi) is 17.0. The van der Waals surface area contributed by atoms with Crippen molar-refractivity contribution in [3.8, 4) is 0 Å². The Morgan fingerprint density at radius 2 is 1.09 bits per heavy atom. The number of aliphatic carboxylic acids is 2. The number of alkyl halides is 17. The van der Waals surface area contributed by atoms with Crippen molar-refractivity contribution in [2.24, 2.45) is 5.73 Å². The zero-order valence-corrected chi connectivity index (χ0v) is 24.0. The van der Waals surface area contributed by atoms with Gasteiger partial charge in [-0.2, -0.15) is 86.4 Å². The van der Waals surface area contributed by atoms with Gasteiger partial charge in [-0.25, -0.2) is 0 Å². The Balaban J connectivity index is 0. The minimum atomic E-state index is -8.62. The van der Waals surface area contributed by atoms with Gasteiger partial charge in [0.25, 0.3) is 0 Å². The van der Waals surface area contributed by atoms with Crippen molar-refractivity contribution < 1.29 is 100 Å². The maximum Gasteiger partial charge on any atom is 0.460 e. The molecule has 46 heavy (non-hydrogen) atoms. The first-order valence-corrected chi connectivity index (χ1v) is 13.8. The highest BCUT2D eigenvalue weighted by atomic mass is 32.2. The lowest BCUT2D eigenvalue weighted by molar-refractivity contribution is -0.461. The second-order valence-electron chi connectivity index (χ2n) is 9.49. The molecule has 0 aliphatic rings. The van der Waals surface area contributed by atoms with Gasteiger partial charge in [0.1, 0.15) is 6.04 Å². The highest BCUT2D eigenvalue weighted by molar-refractivity contribution is 7.99. The van der Waals surface area contributed by atoms with E-state index in [1.54, 1.807) is 0 Å². The second-order valence-corrected chi connectivity index (χ2v) is 10.7. The normalized spacial score (nSPS) is 14.8. The van der Waals surface area contributed by atoms with Crippen LogP contribution in [0.3, 0.4) is 0 Å². The van der Waals surface area contributed by atoms with E-state index >= 15 is 0 Å². The lowest BCUT2D eigenvalue weighted by atomic mass is 9.88. The molecule has 0 radical (unpaired) electrons. The predicted octanol–water partition coefficient (Wildman–Crippen LogP) is 5.24. The van der Waals surface area contributed by atoms with Crippen LogP contribution in [-0.4, -0.2) is 88.8 Å². The third kappa shape index (κ3) is 10.5. The molecule has 0 aliphatic carbocycles. The van der Waals surface area contributed by atoms with Crippen molar-refractivity contribution in [1.29, 1.82) is 0 Å². The average molecular weight is 741 g/mol. The number of hydrogen-bond donors (Lipinski definition) is 3. The number of carboxylic acid groups (broad SMARTS) is 2. The predicted molar refractivity (Wildman–Crippen MR) is 123 cm³/mol. The molecule has 0 aliphatic heterocycles. The molecule has 0 unspecified atom stereocenters. The van der Waals surface area contributed by atoms with Crippen LogP contribution in [0.5, 0.6) is 0 Å². The largest absolute Gasteiger partial charge is 0.550 e. The van der Waals surface area contributed by atoms with E-state index in [0.29, 0.717) is 6.42 Å². The number of carbonyl (C=O) groups is 2. The summed E-state index contributed by atoms with van der Waals surface area (Å²) in [5.41, 5.74) is 8.88. The van der Waals surface area contributed by atoms with Crippen molar-refractivity contribution in [3.05, 3.63) is 0 Å². The molecule has 0 amide bonds. The lowest BCUT2D eigenvalue weighted by Crippen LogP contribution is -2.74. The van der Waals surface area contributed by atoms with Crippen LogP contribution in [0.15, 0.2) is 0 Å². The molecular weight excluding hydrogens is 711 g/mol. The van der Waals surface area contributed by atoms with E-state index in [0.717, 1.165) is 19.4 Å². The number of hydrogen-bond acceptors (Lipinski definition) is 5. The van der Waals surface area contributed by atoms with Crippen molar-refractivity contribution in [2.75, 3.05) is 18.1 Å². The summed E-state index contributed by atoms with van der Waals surface area (Å²) in [6.07, 6.45) is -8.08. The maximum atomic E-state index is 13.6. The summed E-state index contributed by atoms with van der Waals surface area (Å²) in [7, 11) is 0. The van der Waals surface area contributed by atoms with Crippen LogP contribution >= 0.6 is 11.8 Å². The quantitative estimate of drug-likeness (QED) is 0.116. The summed E-state index contributed by atoms with van der Waals surface area (Å²) in [4.78, 5) is 20.3. The maximum absolute atomic E-state index is 13.6. The molecule has 0 aromatic heterocycles. The highest BCUT2D eigenvalue weighted by Gasteiger charge is 2.95. The molecule has 0 aromatic rings. The SMILES string of the molecule is N[C@@H](CCCC[NH3+])C(=O)O.O=C([O-])CCCCCSCCC(F)(F)C(F)(F)C(F)(F)C(F)(F)C(F)(F)C(F)(F)C(F)(F)C(F)(F)F. The summed E-state index contributed by atoms with van der Waals surface area (Å²) in [6.45, 7) is 0.854. The van der Waals surface area contributed by atoms with Gasteiger partial charge in [0.15, 0.2) is 0 Å². The average Bonchev–Trinajstić information content (AvgIpc) is 2.89. The van der Waals surface area contributed by atoms with Crippen LogP contribution in [0.25, 0.3) is 0 Å². The Morgan fingerprint density at radius 3 is 1.48 bits per heavy atom. The summed E-state index contributed by atoms with van der Waals surface area (Å²) in [6, 6.07) is -0.688. The Hall–Kier alpha value is -1.98. The molecule has 1 atom stereocenters. The van der Waals surface area contributed by atoms with Crippen LogP contribution < -0.4 is 16.6 Å². The minimum absolute atomic E-state index is 0.0324. The Morgan fingerprint density at radius 1 is 0.652 bits per heavy atom. The third-order valence-corrected chi connectivity index (χ3v) is 6.92. The molecule has 0 saturated carbocycles. The first kappa shape index (κ1) is 46.1. The van der Waals surface area contributed by atoms with Crippen LogP contribution in [0, 0.1) is 0 Å². The van der Waals surface area contributed by atoms with Gasteiger partial charge in [-0.15, -0.1) is 0 Å². The molecule has 0 bridgehead atoms. The molecular formula is C22H29F17N2O4S. The zero-order chi connectivity index (χ0) is 37.2. The number of quaternary nitrogens is 1. The molecule has 0 spiro atoms. The molecule has 0 fully saturated rings. The van der Waals surface area contributed by atoms with Crippen LogP contribution in [0.2, 0.25) is 0 Å². The van der Waals surface area contributed by atoms with Crippen molar-refractivity contribution in [3.63, 3.8) is 0 Å². The number of halogens is 17. The summed E-state index contributed by atoms with van der Waals surface area (Å²) in [5, 5.41) is 18.5. The molecule has 24 heteroatoms. The van der Waals surface area contributed by atoms with Crippen LogP contribution in [-0.2, 0) is 9.59 Å². The Labute approximate surface area is 253 Å². The molecule has 0 saturated heterocycles. The fourth-order valence-corrected chi connectivity index (χ4v) is 3.98. The number of carboxylic acids is 2. The minimum Gasteiger partial charge on any atom is -0.550 e. The molecule has 0 aromatic carbocycles. The van der Waals surface area contributed by atoms with Gasteiger partial charge in [0.05, 0.1) is 6.54 Å². The van der Waals surface area contributed by atoms with Gasteiger partial charge < -0.3 is 26.5 Å². The van der Waals surface area contributed by atoms with Crippen molar-refractivity contribution in [2.45, 2.75) is 105 Å². The molecule has 6 nitrogen and oxygen atoms in total. The summed E-state index contributed by atoms with van der Waals surface area (Å²) in [5.74, 6) is -60.0. The van der Waals surface area contributed by atoms with Gasteiger partial charge >= 0.3 is 53.6 Å². The van der Waals surface area contributed by atoms with E-state index in [2.05, 4.69) is 5.73 Å². The van der Waals surface area contributed by atoms with E-state index in [4.69, 9.17) is 10.8 Å². The van der Waals surface area contributed by atoms with E-state index in [-0.39, 0.29) is 36.8 Å². The van der Waals surface area contributed by atoms with E-state index in [1.807, 2.05) is 0 Å². The van der Waals surface area contributed by atoms with Crippen LogP contribution in [0.4, 0.5) is 74.6 Å². The zero-order valence-electron chi connectivity index (χ0n) is 23.1. The highest BCUT2D eigenvalue weighted by Crippen LogP contribution is 2.64. The van der Waals surface area contributed by atoms with Gasteiger partial charge in [0.2, 0.25) is 0 Å².